The maximum Gasteiger partial charge on any atom is 0.248 e. The lowest BCUT2D eigenvalue weighted by Gasteiger charge is -2.36. The van der Waals surface area contributed by atoms with Crippen LogP contribution < -0.4 is 10.2 Å². The molecule has 1 aliphatic heterocycles. The topological polar surface area (TPSA) is 65.8 Å². The molecular weight excluding hydrogens is 462 g/mol. The molecule has 2 aromatic carbocycles. The highest BCUT2D eigenvalue weighted by molar-refractivity contribution is 6.30. The van der Waals surface area contributed by atoms with Gasteiger partial charge < -0.3 is 19.5 Å². The summed E-state index contributed by atoms with van der Waals surface area (Å²) < 4.78 is 5.79. The summed E-state index contributed by atoms with van der Waals surface area (Å²) in [6.45, 7) is 7.22. The first-order valence-electron chi connectivity index (χ1n) is 11.8. The van der Waals surface area contributed by atoms with Gasteiger partial charge in [0, 0.05) is 60.6 Å². The fourth-order valence-corrected chi connectivity index (χ4v) is 4.13. The number of benzene rings is 2. The predicted molar refractivity (Wildman–Crippen MR) is 142 cm³/mol. The first-order valence-corrected chi connectivity index (χ1v) is 12.2. The van der Waals surface area contributed by atoms with Gasteiger partial charge >= 0.3 is 0 Å². The van der Waals surface area contributed by atoms with E-state index in [4.69, 9.17) is 16.0 Å². The molecule has 182 valence electrons. The number of nitrogens with zero attached hydrogens (tertiary/aromatic N) is 2. The summed E-state index contributed by atoms with van der Waals surface area (Å²) in [6.07, 6.45) is 3.70. The monoisotopic (exact) mass is 491 g/mol. The highest BCUT2D eigenvalue weighted by atomic mass is 35.5. The molecule has 0 atom stereocenters. The number of rotatable bonds is 7. The molecule has 0 unspecified atom stereocenters. The van der Waals surface area contributed by atoms with Gasteiger partial charge in [-0.15, -0.1) is 0 Å². The van der Waals surface area contributed by atoms with Gasteiger partial charge in [-0.25, -0.2) is 0 Å². The first-order chi connectivity index (χ1) is 16.9. The molecule has 2 amide bonds. The number of anilines is 2. The summed E-state index contributed by atoms with van der Waals surface area (Å²) in [5.41, 5.74) is 2.72. The molecule has 7 heteroatoms. The summed E-state index contributed by atoms with van der Waals surface area (Å²) >= 11 is 5.93. The average molecular weight is 492 g/mol. The first kappa shape index (κ1) is 24.6. The summed E-state index contributed by atoms with van der Waals surface area (Å²) in [5.74, 6) is 1.68. The van der Waals surface area contributed by atoms with E-state index in [1.165, 1.54) is 6.08 Å². The SMILES string of the molecule is CC(C)CC(=O)N1CCN(c2ccc(NC(=O)/C=C/c3ccc(-c4ccc(Cl)cc4)o3)cc2)CC1. The van der Waals surface area contributed by atoms with Gasteiger partial charge in [-0.1, -0.05) is 25.4 Å². The number of piperazine rings is 1. The highest BCUT2D eigenvalue weighted by Gasteiger charge is 2.21. The Labute approximate surface area is 211 Å². The minimum Gasteiger partial charge on any atom is -0.457 e. The molecule has 35 heavy (non-hydrogen) atoms. The van der Waals surface area contributed by atoms with E-state index in [9.17, 15) is 9.59 Å². The molecule has 1 aromatic heterocycles. The molecule has 1 aliphatic rings. The van der Waals surface area contributed by atoms with E-state index in [-0.39, 0.29) is 11.8 Å². The van der Waals surface area contributed by atoms with Gasteiger partial charge in [-0.2, -0.15) is 0 Å². The van der Waals surface area contributed by atoms with Crippen molar-refractivity contribution in [2.45, 2.75) is 20.3 Å². The minimum absolute atomic E-state index is 0.237. The number of hydrogen-bond acceptors (Lipinski definition) is 4. The number of hydrogen-bond donors (Lipinski definition) is 1. The maximum atomic E-state index is 12.4. The van der Waals surface area contributed by atoms with Crippen LogP contribution in [0.15, 0.2) is 71.2 Å². The number of halogens is 1. The van der Waals surface area contributed by atoms with Crippen LogP contribution in [0.4, 0.5) is 11.4 Å². The second kappa shape index (κ2) is 11.3. The number of carbonyl (C=O) groups excluding carboxylic acids is 2. The van der Waals surface area contributed by atoms with Crippen LogP contribution in [-0.2, 0) is 9.59 Å². The predicted octanol–water partition coefficient (Wildman–Crippen LogP) is 5.95. The third-order valence-corrected chi connectivity index (χ3v) is 6.12. The Morgan fingerprint density at radius 2 is 1.66 bits per heavy atom. The van der Waals surface area contributed by atoms with Crippen LogP contribution in [0.5, 0.6) is 0 Å². The van der Waals surface area contributed by atoms with Gasteiger partial charge in [0.05, 0.1) is 0 Å². The Balaban J connectivity index is 1.27. The highest BCUT2D eigenvalue weighted by Crippen LogP contribution is 2.24. The molecular formula is C28H30ClN3O3. The van der Waals surface area contributed by atoms with Crippen molar-refractivity contribution in [3.05, 3.63) is 77.5 Å². The molecule has 6 nitrogen and oxygen atoms in total. The van der Waals surface area contributed by atoms with Crippen molar-refractivity contribution < 1.29 is 14.0 Å². The molecule has 1 saturated heterocycles. The van der Waals surface area contributed by atoms with Crippen LogP contribution in [0.25, 0.3) is 17.4 Å². The average Bonchev–Trinajstić information content (AvgIpc) is 3.32. The Morgan fingerprint density at radius 3 is 2.31 bits per heavy atom. The van der Waals surface area contributed by atoms with Crippen LogP contribution in [0.1, 0.15) is 26.0 Å². The second-order valence-corrected chi connectivity index (χ2v) is 9.48. The Hall–Kier alpha value is -3.51. The Morgan fingerprint density at radius 1 is 0.971 bits per heavy atom. The number of nitrogens with one attached hydrogen (secondary N) is 1. The van der Waals surface area contributed by atoms with Gasteiger partial charge in [-0.3, -0.25) is 9.59 Å². The van der Waals surface area contributed by atoms with Crippen LogP contribution in [0, 0.1) is 5.92 Å². The lowest BCUT2D eigenvalue weighted by Crippen LogP contribution is -2.49. The fraction of sp³-hybridized carbons (Fsp3) is 0.286. The van der Waals surface area contributed by atoms with Crippen molar-refractivity contribution in [2.75, 3.05) is 36.4 Å². The molecule has 0 spiro atoms. The van der Waals surface area contributed by atoms with Crippen molar-refractivity contribution in [3.8, 4) is 11.3 Å². The van der Waals surface area contributed by atoms with Gasteiger partial charge in [-0.05, 0) is 72.7 Å². The zero-order valence-electron chi connectivity index (χ0n) is 20.0. The summed E-state index contributed by atoms with van der Waals surface area (Å²) in [4.78, 5) is 28.8. The smallest absolute Gasteiger partial charge is 0.248 e. The van der Waals surface area contributed by atoms with E-state index < -0.39 is 0 Å². The Kier molecular flexibility index (Phi) is 7.93. The van der Waals surface area contributed by atoms with E-state index in [1.807, 2.05) is 65.6 Å². The van der Waals surface area contributed by atoms with E-state index in [0.29, 0.717) is 28.9 Å². The lowest BCUT2D eigenvalue weighted by molar-refractivity contribution is -0.132. The third-order valence-electron chi connectivity index (χ3n) is 5.87. The molecule has 1 fully saturated rings. The van der Waals surface area contributed by atoms with Crippen LogP contribution in [-0.4, -0.2) is 42.9 Å². The zero-order valence-corrected chi connectivity index (χ0v) is 20.8. The maximum absolute atomic E-state index is 12.4. The Bertz CT molecular complexity index is 1170. The lowest BCUT2D eigenvalue weighted by atomic mass is 10.1. The number of carbonyl (C=O) groups is 2. The van der Waals surface area contributed by atoms with Crippen molar-refractivity contribution in [1.82, 2.24) is 4.90 Å². The van der Waals surface area contributed by atoms with E-state index in [1.54, 1.807) is 6.08 Å². The van der Waals surface area contributed by atoms with Crippen LogP contribution in [0.3, 0.4) is 0 Å². The fourth-order valence-electron chi connectivity index (χ4n) is 4.00. The molecule has 2 heterocycles. The molecule has 3 aromatic rings. The molecule has 1 N–H and O–H groups in total. The van der Waals surface area contributed by atoms with Gasteiger partial charge in [0.1, 0.15) is 11.5 Å². The standard InChI is InChI=1S/C28H30ClN3O3/c1-20(2)19-28(34)32-17-15-31(16-18-32)24-9-7-23(8-10-24)30-27(33)14-12-25-11-13-26(35-25)21-3-5-22(29)6-4-21/h3-14,20H,15-19H2,1-2H3,(H,30,33)/b14-12+. The zero-order chi connectivity index (χ0) is 24.8. The largest absolute Gasteiger partial charge is 0.457 e. The van der Waals surface area contributed by atoms with E-state index in [2.05, 4.69) is 24.1 Å². The van der Waals surface area contributed by atoms with Crippen molar-refractivity contribution >= 4 is 40.9 Å². The molecule has 0 saturated carbocycles. The summed E-state index contributed by atoms with van der Waals surface area (Å²) in [5, 5.41) is 3.54. The van der Waals surface area contributed by atoms with Gasteiger partial charge in [0.15, 0.2) is 0 Å². The summed E-state index contributed by atoms with van der Waals surface area (Å²) in [6, 6.07) is 18.8. The normalized spacial score (nSPS) is 14.1. The van der Waals surface area contributed by atoms with Gasteiger partial charge in [0.2, 0.25) is 11.8 Å². The second-order valence-electron chi connectivity index (χ2n) is 9.04. The van der Waals surface area contributed by atoms with Crippen LogP contribution in [0.2, 0.25) is 5.02 Å². The third kappa shape index (κ3) is 6.76. The van der Waals surface area contributed by atoms with Crippen molar-refractivity contribution in [1.29, 1.82) is 0 Å². The molecule has 0 aliphatic carbocycles. The molecule has 0 bridgehead atoms. The van der Waals surface area contributed by atoms with Crippen LogP contribution >= 0.6 is 11.6 Å². The summed E-state index contributed by atoms with van der Waals surface area (Å²) in [7, 11) is 0. The van der Waals surface area contributed by atoms with E-state index >= 15 is 0 Å². The molecule has 0 radical (unpaired) electrons. The number of furan rings is 1. The minimum atomic E-state index is -0.237. The number of amides is 2. The van der Waals surface area contributed by atoms with Gasteiger partial charge in [0.25, 0.3) is 0 Å². The van der Waals surface area contributed by atoms with E-state index in [0.717, 1.165) is 43.1 Å². The quantitative estimate of drug-likeness (QED) is 0.415. The van der Waals surface area contributed by atoms with Crippen molar-refractivity contribution in [2.24, 2.45) is 5.92 Å². The molecule has 4 rings (SSSR count). The van der Waals surface area contributed by atoms with Crippen molar-refractivity contribution in [3.63, 3.8) is 0 Å².